The maximum absolute atomic E-state index is 13.3. The summed E-state index contributed by atoms with van der Waals surface area (Å²) in [5.74, 6) is -1.55. The summed E-state index contributed by atoms with van der Waals surface area (Å²) in [6.07, 6.45) is 1.20. The number of carbonyl (C=O) groups is 2. The molecular formula is C25H25N3O5S. The lowest BCUT2D eigenvalue weighted by molar-refractivity contribution is -0.119. The monoisotopic (exact) mass is 479 g/mol. The van der Waals surface area contributed by atoms with Crippen LogP contribution in [0, 0.1) is 0 Å². The number of aromatic carboxylic acids is 1. The summed E-state index contributed by atoms with van der Waals surface area (Å²) in [4.78, 5) is 24.0. The maximum atomic E-state index is 13.3. The minimum Gasteiger partial charge on any atom is -0.478 e. The molecule has 3 aromatic carbocycles. The third-order valence-corrected chi connectivity index (χ3v) is 6.84. The molecule has 0 bridgehead atoms. The van der Waals surface area contributed by atoms with E-state index < -0.39 is 28.4 Å². The number of sulfonamides is 1. The van der Waals surface area contributed by atoms with Crippen molar-refractivity contribution in [3.63, 3.8) is 0 Å². The topological polar surface area (TPSA) is 116 Å². The van der Waals surface area contributed by atoms with Gasteiger partial charge in [-0.15, -0.1) is 0 Å². The molecule has 2 N–H and O–H groups in total. The Bertz CT molecular complexity index is 1290. The van der Waals surface area contributed by atoms with Crippen molar-refractivity contribution in [2.24, 2.45) is 5.10 Å². The molecule has 8 nitrogen and oxygen atoms in total. The second kappa shape index (κ2) is 10.8. The number of amides is 1. The van der Waals surface area contributed by atoms with E-state index in [-0.39, 0.29) is 16.4 Å². The van der Waals surface area contributed by atoms with Gasteiger partial charge in [-0.3, -0.25) is 9.10 Å². The third-order valence-electron chi connectivity index (χ3n) is 5.05. The fourth-order valence-electron chi connectivity index (χ4n) is 3.20. The van der Waals surface area contributed by atoms with Crippen molar-refractivity contribution in [2.45, 2.75) is 24.7 Å². The number of carboxylic acid groups (broad SMARTS) is 1. The van der Waals surface area contributed by atoms with Crippen LogP contribution in [0.4, 0.5) is 5.69 Å². The number of anilines is 1. The van der Waals surface area contributed by atoms with Gasteiger partial charge in [-0.2, -0.15) is 5.10 Å². The van der Waals surface area contributed by atoms with Crippen molar-refractivity contribution < 1.29 is 23.1 Å². The second-order valence-corrected chi connectivity index (χ2v) is 9.62. The van der Waals surface area contributed by atoms with Crippen LogP contribution in [0.15, 0.2) is 88.9 Å². The number of carboxylic acids is 1. The normalized spacial score (nSPS) is 11.5. The van der Waals surface area contributed by atoms with E-state index in [9.17, 15) is 23.1 Å². The quantitative estimate of drug-likeness (QED) is 0.357. The molecule has 0 spiro atoms. The fourth-order valence-corrected chi connectivity index (χ4v) is 4.65. The molecule has 0 aliphatic carbocycles. The predicted octanol–water partition coefficient (Wildman–Crippen LogP) is 3.85. The first-order valence-electron chi connectivity index (χ1n) is 10.5. The van der Waals surface area contributed by atoms with E-state index in [1.54, 1.807) is 48.5 Å². The van der Waals surface area contributed by atoms with E-state index in [2.05, 4.69) is 10.5 Å². The van der Waals surface area contributed by atoms with Gasteiger partial charge in [0.1, 0.15) is 6.54 Å². The van der Waals surface area contributed by atoms with Crippen LogP contribution >= 0.6 is 0 Å². The van der Waals surface area contributed by atoms with Crippen LogP contribution in [0.3, 0.4) is 0 Å². The maximum Gasteiger partial charge on any atom is 0.336 e. The lowest BCUT2D eigenvalue weighted by Gasteiger charge is -2.24. The van der Waals surface area contributed by atoms with E-state index in [1.165, 1.54) is 24.4 Å². The zero-order valence-electron chi connectivity index (χ0n) is 18.8. The Morgan fingerprint density at radius 3 is 2.21 bits per heavy atom. The zero-order valence-corrected chi connectivity index (χ0v) is 19.6. The molecule has 0 radical (unpaired) electrons. The van der Waals surface area contributed by atoms with Crippen molar-refractivity contribution in [2.75, 3.05) is 10.8 Å². The highest BCUT2D eigenvalue weighted by Crippen LogP contribution is 2.25. The van der Waals surface area contributed by atoms with Crippen molar-refractivity contribution >= 4 is 33.8 Å². The number of hydrogen-bond acceptors (Lipinski definition) is 5. The lowest BCUT2D eigenvalue weighted by Crippen LogP contribution is -2.39. The summed E-state index contributed by atoms with van der Waals surface area (Å²) >= 11 is 0. The smallest absolute Gasteiger partial charge is 0.336 e. The summed E-state index contributed by atoms with van der Waals surface area (Å²) in [6, 6.07) is 21.0. The molecule has 0 fully saturated rings. The van der Waals surface area contributed by atoms with E-state index in [1.807, 2.05) is 26.0 Å². The molecule has 0 aromatic heterocycles. The van der Waals surface area contributed by atoms with Crippen LogP contribution in [-0.2, 0) is 14.8 Å². The van der Waals surface area contributed by atoms with Crippen LogP contribution in [0.1, 0.15) is 41.3 Å². The predicted molar refractivity (Wildman–Crippen MR) is 131 cm³/mol. The first-order chi connectivity index (χ1) is 16.2. The Morgan fingerprint density at radius 2 is 1.59 bits per heavy atom. The van der Waals surface area contributed by atoms with Gasteiger partial charge in [0.15, 0.2) is 0 Å². The van der Waals surface area contributed by atoms with Gasteiger partial charge >= 0.3 is 5.97 Å². The van der Waals surface area contributed by atoms with Gasteiger partial charge in [-0.1, -0.05) is 62.4 Å². The SMILES string of the molecule is CC(C)c1ccc(N(CC(=O)N/N=C\c2ccccc2C(=O)O)S(=O)(=O)c2ccccc2)cc1. The zero-order chi connectivity index (χ0) is 24.7. The van der Waals surface area contributed by atoms with Gasteiger partial charge in [-0.05, 0) is 41.8 Å². The Kier molecular flexibility index (Phi) is 7.80. The molecule has 0 atom stereocenters. The molecule has 9 heteroatoms. The fraction of sp³-hybridized carbons (Fsp3) is 0.160. The molecule has 34 heavy (non-hydrogen) atoms. The molecule has 176 valence electrons. The molecule has 3 aromatic rings. The Hall–Kier alpha value is -3.98. The molecule has 0 heterocycles. The van der Waals surface area contributed by atoms with Gasteiger partial charge in [0.25, 0.3) is 15.9 Å². The van der Waals surface area contributed by atoms with E-state index in [0.29, 0.717) is 11.3 Å². The summed E-state index contributed by atoms with van der Waals surface area (Å²) in [7, 11) is -4.03. The van der Waals surface area contributed by atoms with Gasteiger partial charge < -0.3 is 5.11 Å². The van der Waals surface area contributed by atoms with Gasteiger partial charge in [0.2, 0.25) is 0 Å². The number of benzene rings is 3. The molecule has 0 saturated carbocycles. The average Bonchev–Trinajstić information content (AvgIpc) is 2.83. The number of rotatable bonds is 9. The molecule has 1 amide bonds. The number of hydrogen-bond donors (Lipinski definition) is 2. The molecule has 3 rings (SSSR count). The van der Waals surface area contributed by atoms with Gasteiger partial charge in [0.05, 0.1) is 22.4 Å². The molecular weight excluding hydrogens is 454 g/mol. The van der Waals surface area contributed by atoms with E-state index >= 15 is 0 Å². The third kappa shape index (κ3) is 5.87. The van der Waals surface area contributed by atoms with Crippen molar-refractivity contribution in [1.29, 1.82) is 0 Å². The first kappa shape index (κ1) is 24.7. The highest BCUT2D eigenvalue weighted by atomic mass is 32.2. The summed E-state index contributed by atoms with van der Waals surface area (Å²) in [5, 5.41) is 13.1. The number of hydrazone groups is 1. The lowest BCUT2D eigenvalue weighted by atomic mass is 10.0. The summed E-state index contributed by atoms with van der Waals surface area (Å²) in [6.45, 7) is 3.54. The van der Waals surface area contributed by atoms with E-state index in [4.69, 9.17) is 0 Å². The highest BCUT2D eigenvalue weighted by Gasteiger charge is 2.27. The van der Waals surface area contributed by atoms with Crippen LogP contribution in [0.25, 0.3) is 0 Å². The number of nitrogens with zero attached hydrogens (tertiary/aromatic N) is 2. The first-order valence-corrected chi connectivity index (χ1v) is 12.0. The highest BCUT2D eigenvalue weighted by molar-refractivity contribution is 7.92. The second-order valence-electron chi connectivity index (χ2n) is 7.76. The average molecular weight is 480 g/mol. The van der Waals surface area contributed by atoms with Gasteiger partial charge in [0, 0.05) is 5.56 Å². The summed E-state index contributed by atoms with van der Waals surface area (Å²) < 4.78 is 27.7. The Labute approximate surface area is 198 Å². The number of carbonyl (C=O) groups excluding carboxylic acids is 1. The van der Waals surface area contributed by atoms with Crippen LogP contribution in [-0.4, -0.2) is 38.2 Å². The van der Waals surface area contributed by atoms with Crippen molar-refractivity contribution in [3.8, 4) is 0 Å². The van der Waals surface area contributed by atoms with Crippen molar-refractivity contribution in [1.82, 2.24) is 5.43 Å². The molecule has 0 saturated heterocycles. The molecule has 0 aliphatic rings. The Balaban J connectivity index is 1.85. The van der Waals surface area contributed by atoms with Crippen LogP contribution in [0.5, 0.6) is 0 Å². The van der Waals surface area contributed by atoms with Crippen molar-refractivity contribution in [3.05, 3.63) is 95.6 Å². The standard InChI is InChI=1S/C25H25N3O5S/c1-18(2)19-12-14-21(15-13-19)28(34(32,33)22-9-4-3-5-10-22)17-24(29)27-26-16-20-8-6-7-11-23(20)25(30)31/h3-16,18H,17H2,1-2H3,(H,27,29)(H,30,31)/b26-16-. The van der Waals surface area contributed by atoms with Gasteiger partial charge in [-0.25, -0.2) is 18.6 Å². The number of nitrogens with one attached hydrogen (secondary N) is 1. The largest absolute Gasteiger partial charge is 0.478 e. The minimum absolute atomic E-state index is 0.0269. The summed E-state index contributed by atoms with van der Waals surface area (Å²) in [5.41, 5.74) is 3.98. The van der Waals surface area contributed by atoms with Crippen LogP contribution < -0.4 is 9.73 Å². The minimum atomic E-state index is -4.03. The van der Waals surface area contributed by atoms with E-state index in [0.717, 1.165) is 9.87 Å². The molecule has 0 aliphatic heterocycles. The Morgan fingerprint density at radius 1 is 0.971 bits per heavy atom. The molecule has 0 unspecified atom stereocenters. The van der Waals surface area contributed by atoms with Crippen LogP contribution in [0.2, 0.25) is 0 Å².